The van der Waals surface area contributed by atoms with E-state index in [-0.39, 0.29) is 15.8 Å². The van der Waals surface area contributed by atoms with Gasteiger partial charge in [0, 0.05) is 11.4 Å². The van der Waals surface area contributed by atoms with E-state index >= 15 is 0 Å². The molecule has 0 spiro atoms. The lowest BCUT2D eigenvalue weighted by molar-refractivity contribution is 0.496. The molecule has 17 heavy (non-hydrogen) atoms. The fourth-order valence-corrected chi connectivity index (χ4v) is 3.04. The molecular weight excluding hydrogens is 305 g/mol. The van der Waals surface area contributed by atoms with Gasteiger partial charge in [-0.3, -0.25) is 0 Å². The highest BCUT2D eigenvalue weighted by molar-refractivity contribution is 7.89. The molecule has 0 aromatic heterocycles. The monoisotopic (exact) mass is 315 g/mol. The summed E-state index contributed by atoms with van der Waals surface area (Å²) in [5.74, 6) is 0.160. The van der Waals surface area contributed by atoms with E-state index in [2.05, 4.69) is 4.72 Å². The van der Waals surface area contributed by atoms with E-state index in [4.69, 9.17) is 34.8 Å². The van der Waals surface area contributed by atoms with Gasteiger partial charge in [-0.25, -0.2) is 13.1 Å². The molecule has 1 aromatic rings. The number of halogens is 3. The second-order valence-electron chi connectivity index (χ2n) is 4.20. The number of hydrogen-bond donors (Lipinski definition) is 1. The minimum absolute atomic E-state index is 0.0603. The van der Waals surface area contributed by atoms with Gasteiger partial charge in [-0.2, -0.15) is 0 Å². The number of sulfonamides is 1. The Labute approximate surface area is 116 Å². The summed E-state index contributed by atoms with van der Waals surface area (Å²) < 4.78 is 26.5. The van der Waals surface area contributed by atoms with Gasteiger partial charge < -0.3 is 0 Å². The van der Waals surface area contributed by atoms with Crippen molar-refractivity contribution in [2.75, 3.05) is 5.88 Å². The van der Waals surface area contributed by atoms with Gasteiger partial charge in [0.15, 0.2) is 0 Å². The Hall–Kier alpha value is -0.000000000000000111. The van der Waals surface area contributed by atoms with Crippen LogP contribution < -0.4 is 4.72 Å². The minimum atomic E-state index is -3.65. The van der Waals surface area contributed by atoms with Crippen molar-refractivity contribution in [2.24, 2.45) is 0 Å². The number of alkyl halides is 1. The average Bonchev–Trinajstić information content (AvgIpc) is 2.20. The maximum Gasteiger partial charge on any atom is 0.241 e. The molecule has 7 heteroatoms. The van der Waals surface area contributed by atoms with Crippen LogP contribution in [0.3, 0.4) is 0 Å². The fourth-order valence-electron chi connectivity index (χ4n) is 1.09. The van der Waals surface area contributed by atoms with Crippen molar-refractivity contribution >= 4 is 44.8 Å². The molecule has 1 aromatic carbocycles. The third-order valence-corrected chi connectivity index (χ3v) is 5.05. The molecule has 0 amide bonds. The first kappa shape index (κ1) is 15.1. The van der Waals surface area contributed by atoms with Crippen molar-refractivity contribution in [2.45, 2.75) is 24.3 Å². The Bertz CT molecular complexity index is 514. The SMILES string of the molecule is CC(C)(CCl)NS(=O)(=O)c1ccc(Cl)c(Cl)c1. The minimum Gasteiger partial charge on any atom is -0.207 e. The molecule has 0 radical (unpaired) electrons. The molecule has 0 unspecified atom stereocenters. The highest BCUT2D eigenvalue weighted by Gasteiger charge is 2.25. The van der Waals surface area contributed by atoms with Gasteiger partial charge in [0.25, 0.3) is 0 Å². The first-order chi connectivity index (χ1) is 7.68. The Kier molecular flexibility index (Phi) is 4.72. The number of rotatable bonds is 4. The van der Waals surface area contributed by atoms with Crippen molar-refractivity contribution in [1.29, 1.82) is 0 Å². The van der Waals surface area contributed by atoms with Crippen molar-refractivity contribution in [3.63, 3.8) is 0 Å². The predicted octanol–water partition coefficient (Wildman–Crippen LogP) is 3.29. The Balaban J connectivity index is 3.10. The summed E-state index contributed by atoms with van der Waals surface area (Å²) in [7, 11) is -3.65. The topological polar surface area (TPSA) is 46.2 Å². The lowest BCUT2D eigenvalue weighted by atomic mass is 10.1. The first-order valence-electron chi connectivity index (χ1n) is 4.73. The van der Waals surface area contributed by atoms with Crippen molar-refractivity contribution in [1.82, 2.24) is 4.72 Å². The van der Waals surface area contributed by atoms with Crippen LogP contribution in [0.1, 0.15) is 13.8 Å². The van der Waals surface area contributed by atoms with E-state index in [0.29, 0.717) is 5.02 Å². The molecule has 3 nitrogen and oxygen atoms in total. The van der Waals surface area contributed by atoms with Crippen LogP contribution in [0.15, 0.2) is 23.1 Å². The average molecular weight is 317 g/mol. The summed E-state index contributed by atoms with van der Waals surface area (Å²) in [6, 6.07) is 4.13. The third kappa shape index (κ3) is 4.00. The van der Waals surface area contributed by atoms with Crippen LogP contribution in [-0.4, -0.2) is 19.8 Å². The van der Waals surface area contributed by atoms with Crippen LogP contribution in [0.25, 0.3) is 0 Å². The molecule has 1 rings (SSSR count). The van der Waals surface area contributed by atoms with E-state index in [1.807, 2.05) is 0 Å². The van der Waals surface area contributed by atoms with Crippen LogP contribution in [0.2, 0.25) is 10.0 Å². The Morgan fingerprint density at radius 3 is 2.29 bits per heavy atom. The number of hydrogen-bond acceptors (Lipinski definition) is 2. The Morgan fingerprint density at radius 2 is 1.82 bits per heavy atom. The number of benzene rings is 1. The molecule has 0 atom stereocenters. The van der Waals surface area contributed by atoms with Crippen LogP contribution >= 0.6 is 34.8 Å². The second-order valence-corrected chi connectivity index (χ2v) is 6.96. The van der Waals surface area contributed by atoms with E-state index < -0.39 is 15.6 Å². The first-order valence-corrected chi connectivity index (χ1v) is 7.50. The second kappa shape index (κ2) is 5.33. The lowest BCUT2D eigenvalue weighted by Crippen LogP contribution is -2.44. The molecule has 0 fully saturated rings. The quantitative estimate of drug-likeness (QED) is 0.866. The normalized spacial score (nSPS) is 12.8. The van der Waals surface area contributed by atoms with Gasteiger partial charge in [0.2, 0.25) is 10.0 Å². The summed E-state index contributed by atoms with van der Waals surface area (Å²) in [6.45, 7) is 3.38. The molecule has 0 aliphatic carbocycles. The summed E-state index contributed by atoms with van der Waals surface area (Å²) in [4.78, 5) is 0.0603. The van der Waals surface area contributed by atoms with Crippen LogP contribution in [0.5, 0.6) is 0 Å². The van der Waals surface area contributed by atoms with E-state index in [1.54, 1.807) is 13.8 Å². The van der Waals surface area contributed by atoms with Gasteiger partial charge in [0.05, 0.1) is 14.9 Å². The van der Waals surface area contributed by atoms with E-state index in [9.17, 15) is 8.42 Å². The molecule has 0 saturated carbocycles. The van der Waals surface area contributed by atoms with E-state index in [0.717, 1.165) is 0 Å². The molecule has 0 aliphatic heterocycles. The molecule has 96 valence electrons. The maximum absolute atomic E-state index is 12.0. The van der Waals surface area contributed by atoms with Crippen LogP contribution in [-0.2, 0) is 10.0 Å². The summed E-state index contributed by atoms with van der Waals surface area (Å²) >= 11 is 17.2. The largest absolute Gasteiger partial charge is 0.241 e. The van der Waals surface area contributed by atoms with E-state index in [1.165, 1.54) is 18.2 Å². The van der Waals surface area contributed by atoms with Gasteiger partial charge in [0.1, 0.15) is 0 Å². The van der Waals surface area contributed by atoms with Crippen LogP contribution in [0, 0.1) is 0 Å². The zero-order chi connectivity index (χ0) is 13.3. The summed E-state index contributed by atoms with van der Waals surface area (Å²) in [5, 5.41) is 0.500. The maximum atomic E-state index is 12.0. The Morgan fingerprint density at radius 1 is 1.24 bits per heavy atom. The zero-order valence-electron chi connectivity index (χ0n) is 9.30. The zero-order valence-corrected chi connectivity index (χ0v) is 12.4. The van der Waals surface area contributed by atoms with Gasteiger partial charge in [-0.05, 0) is 32.0 Å². The fraction of sp³-hybridized carbons (Fsp3) is 0.400. The van der Waals surface area contributed by atoms with Gasteiger partial charge >= 0.3 is 0 Å². The van der Waals surface area contributed by atoms with Crippen molar-refractivity contribution in [3.8, 4) is 0 Å². The van der Waals surface area contributed by atoms with Gasteiger partial charge in [-0.15, -0.1) is 11.6 Å². The third-order valence-electron chi connectivity index (χ3n) is 1.95. The number of nitrogens with one attached hydrogen (secondary N) is 1. The smallest absolute Gasteiger partial charge is 0.207 e. The molecule has 0 aliphatic rings. The molecule has 0 bridgehead atoms. The molecule has 0 saturated heterocycles. The van der Waals surface area contributed by atoms with Crippen LogP contribution in [0.4, 0.5) is 0 Å². The summed E-state index contributed by atoms with van der Waals surface area (Å²) in [5.41, 5.74) is -0.730. The van der Waals surface area contributed by atoms with Crippen molar-refractivity contribution in [3.05, 3.63) is 28.2 Å². The highest BCUT2D eigenvalue weighted by Crippen LogP contribution is 2.25. The lowest BCUT2D eigenvalue weighted by Gasteiger charge is -2.23. The predicted molar refractivity (Wildman–Crippen MR) is 71.6 cm³/mol. The van der Waals surface area contributed by atoms with Crippen molar-refractivity contribution < 1.29 is 8.42 Å². The highest BCUT2D eigenvalue weighted by atomic mass is 35.5. The molecule has 0 heterocycles. The standard InChI is InChI=1S/C10H12Cl3NO2S/c1-10(2,6-11)14-17(15,16)7-3-4-8(12)9(13)5-7/h3-5,14H,6H2,1-2H3. The summed E-state index contributed by atoms with van der Waals surface area (Å²) in [6.07, 6.45) is 0. The van der Waals surface area contributed by atoms with Gasteiger partial charge in [-0.1, -0.05) is 23.2 Å². The molecular formula is C10H12Cl3NO2S. The molecule has 1 N–H and O–H groups in total.